The summed E-state index contributed by atoms with van der Waals surface area (Å²) < 4.78 is 34.4. The van der Waals surface area contributed by atoms with Gasteiger partial charge in [0, 0.05) is 23.5 Å². The number of hydrogen-bond donors (Lipinski definition) is 1. The summed E-state index contributed by atoms with van der Waals surface area (Å²) in [6.45, 7) is 0.162. The molecule has 0 aromatic heterocycles. The molecule has 0 aliphatic heterocycles. The van der Waals surface area contributed by atoms with Crippen LogP contribution in [0.15, 0.2) is 34.1 Å². The maximum Gasteiger partial charge on any atom is 0.175 e. The van der Waals surface area contributed by atoms with Crippen molar-refractivity contribution in [1.29, 1.82) is 0 Å². The van der Waals surface area contributed by atoms with Gasteiger partial charge in [-0.25, -0.2) is 8.42 Å². The molecular weight excluding hydrogens is 272 g/mol. The van der Waals surface area contributed by atoms with Crippen LogP contribution in [0.25, 0.3) is 0 Å². The van der Waals surface area contributed by atoms with Gasteiger partial charge in [0.15, 0.2) is 9.84 Å². The van der Waals surface area contributed by atoms with E-state index in [0.29, 0.717) is 10.6 Å². The molecule has 1 aromatic carbocycles. The van der Waals surface area contributed by atoms with Gasteiger partial charge in [-0.15, -0.1) is 0 Å². The van der Waals surface area contributed by atoms with E-state index in [9.17, 15) is 12.6 Å². The smallest absolute Gasteiger partial charge is 0.175 e. The first-order valence-electron chi connectivity index (χ1n) is 5.74. The summed E-state index contributed by atoms with van der Waals surface area (Å²) in [5.74, 6) is 0.540. The Labute approximate surface area is 110 Å². The first-order valence-corrected chi connectivity index (χ1v) is 8.95. The molecule has 0 aliphatic rings. The SMILES string of the molecule is CS(=O)(=O)c1ccc(S(=O)CCCCCO)cc1. The van der Waals surface area contributed by atoms with Gasteiger partial charge >= 0.3 is 0 Å². The second kappa shape index (κ2) is 7.01. The van der Waals surface area contributed by atoms with Crippen molar-refractivity contribution in [2.45, 2.75) is 29.1 Å². The highest BCUT2D eigenvalue weighted by atomic mass is 32.2. The monoisotopic (exact) mass is 290 g/mol. The number of unbranched alkanes of at least 4 members (excludes halogenated alkanes) is 2. The third kappa shape index (κ3) is 4.88. The minimum absolute atomic E-state index is 0.162. The van der Waals surface area contributed by atoms with Crippen LogP contribution in [0.2, 0.25) is 0 Å². The molecule has 18 heavy (non-hydrogen) atoms. The molecule has 0 fully saturated rings. The van der Waals surface area contributed by atoms with Crippen LogP contribution < -0.4 is 0 Å². The largest absolute Gasteiger partial charge is 0.396 e. The van der Waals surface area contributed by atoms with E-state index in [1.54, 1.807) is 12.1 Å². The molecule has 1 aromatic rings. The van der Waals surface area contributed by atoms with E-state index < -0.39 is 20.6 Å². The Morgan fingerprint density at radius 3 is 2.22 bits per heavy atom. The summed E-state index contributed by atoms with van der Waals surface area (Å²) >= 11 is 0. The second-order valence-electron chi connectivity index (χ2n) is 4.08. The molecule has 0 heterocycles. The lowest BCUT2D eigenvalue weighted by atomic mass is 10.3. The van der Waals surface area contributed by atoms with Crippen LogP contribution in [0.5, 0.6) is 0 Å². The molecule has 1 unspecified atom stereocenters. The van der Waals surface area contributed by atoms with E-state index in [-0.39, 0.29) is 11.5 Å². The summed E-state index contributed by atoms with van der Waals surface area (Å²) in [6.07, 6.45) is 3.52. The van der Waals surface area contributed by atoms with E-state index in [4.69, 9.17) is 5.11 Å². The third-order valence-electron chi connectivity index (χ3n) is 2.50. The maximum absolute atomic E-state index is 11.9. The Kier molecular flexibility index (Phi) is 5.98. The predicted molar refractivity (Wildman–Crippen MR) is 71.8 cm³/mol. The van der Waals surface area contributed by atoms with Crippen molar-refractivity contribution in [2.75, 3.05) is 18.6 Å². The highest BCUT2D eigenvalue weighted by Gasteiger charge is 2.08. The van der Waals surface area contributed by atoms with Gasteiger partial charge < -0.3 is 5.11 Å². The molecule has 1 N–H and O–H groups in total. The van der Waals surface area contributed by atoms with Gasteiger partial charge in [0.05, 0.1) is 15.7 Å². The predicted octanol–water partition coefficient (Wildman–Crippen LogP) is 1.36. The van der Waals surface area contributed by atoms with Crippen LogP contribution in [-0.2, 0) is 20.6 Å². The summed E-state index contributed by atoms with van der Waals surface area (Å²) in [7, 11) is -4.29. The lowest BCUT2D eigenvalue weighted by molar-refractivity contribution is 0.284. The van der Waals surface area contributed by atoms with Gasteiger partial charge in [-0.3, -0.25) is 4.21 Å². The van der Waals surface area contributed by atoms with E-state index in [1.807, 2.05) is 0 Å². The summed E-state index contributed by atoms with van der Waals surface area (Å²) in [4.78, 5) is 0.884. The molecule has 0 saturated carbocycles. The maximum atomic E-state index is 11.9. The Morgan fingerprint density at radius 2 is 1.72 bits per heavy atom. The van der Waals surface area contributed by atoms with E-state index in [1.165, 1.54) is 12.1 Å². The molecule has 4 nitrogen and oxygen atoms in total. The Hall–Kier alpha value is -0.720. The normalized spacial score (nSPS) is 13.4. The van der Waals surface area contributed by atoms with Crippen molar-refractivity contribution >= 4 is 20.6 Å². The third-order valence-corrected chi connectivity index (χ3v) is 5.09. The van der Waals surface area contributed by atoms with Crippen LogP contribution in [0, 0.1) is 0 Å². The molecule has 102 valence electrons. The highest BCUT2D eigenvalue weighted by Crippen LogP contribution is 2.14. The molecule has 0 amide bonds. The van der Waals surface area contributed by atoms with Crippen molar-refractivity contribution in [3.8, 4) is 0 Å². The average Bonchev–Trinajstić information content (AvgIpc) is 2.33. The number of rotatable bonds is 7. The van der Waals surface area contributed by atoms with Crippen molar-refractivity contribution in [3.63, 3.8) is 0 Å². The van der Waals surface area contributed by atoms with Gasteiger partial charge in [0.2, 0.25) is 0 Å². The van der Waals surface area contributed by atoms with Crippen molar-refractivity contribution < 1.29 is 17.7 Å². The van der Waals surface area contributed by atoms with Gasteiger partial charge in [-0.05, 0) is 37.1 Å². The van der Waals surface area contributed by atoms with Gasteiger partial charge in [0.25, 0.3) is 0 Å². The fraction of sp³-hybridized carbons (Fsp3) is 0.500. The van der Waals surface area contributed by atoms with Gasteiger partial charge in [-0.2, -0.15) is 0 Å². The Bertz CT molecular complexity index is 491. The van der Waals surface area contributed by atoms with Crippen molar-refractivity contribution in [3.05, 3.63) is 24.3 Å². The molecule has 1 atom stereocenters. The molecule has 0 spiro atoms. The standard InChI is InChI=1S/C12H18O4S2/c1-18(15,16)12-7-5-11(6-8-12)17(14)10-4-2-3-9-13/h5-8,13H,2-4,9-10H2,1H3. The van der Waals surface area contributed by atoms with E-state index in [0.717, 1.165) is 25.5 Å². The average molecular weight is 290 g/mol. The van der Waals surface area contributed by atoms with Crippen LogP contribution in [-0.4, -0.2) is 36.3 Å². The molecule has 6 heteroatoms. The van der Waals surface area contributed by atoms with Crippen molar-refractivity contribution in [1.82, 2.24) is 0 Å². The number of hydrogen-bond acceptors (Lipinski definition) is 4. The highest BCUT2D eigenvalue weighted by molar-refractivity contribution is 7.90. The van der Waals surface area contributed by atoms with Crippen LogP contribution in [0.4, 0.5) is 0 Å². The van der Waals surface area contributed by atoms with Crippen LogP contribution in [0.3, 0.4) is 0 Å². The first-order chi connectivity index (χ1) is 8.45. The van der Waals surface area contributed by atoms with Crippen molar-refractivity contribution in [2.24, 2.45) is 0 Å². The fourth-order valence-electron chi connectivity index (χ4n) is 1.48. The number of aliphatic hydroxyl groups is 1. The lowest BCUT2D eigenvalue weighted by Gasteiger charge is -2.03. The lowest BCUT2D eigenvalue weighted by Crippen LogP contribution is -2.01. The number of sulfone groups is 1. The number of benzene rings is 1. The number of aliphatic hydroxyl groups excluding tert-OH is 1. The minimum atomic E-state index is -3.20. The zero-order valence-corrected chi connectivity index (χ0v) is 12.0. The molecular formula is C12H18O4S2. The Balaban J connectivity index is 2.60. The molecule has 0 bridgehead atoms. The molecule has 1 rings (SSSR count). The van der Waals surface area contributed by atoms with Gasteiger partial charge in [0.1, 0.15) is 0 Å². The first kappa shape index (κ1) is 15.3. The molecule has 0 saturated heterocycles. The molecule has 0 radical (unpaired) electrons. The van der Waals surface area contributed by atoms with Crippen LogP contribution in [0.1, 0.15) is 19.3 Å². The quantitative estimate of drug-likeness (QED) is 0.770. The summed E-state index contributed by atoms with van der Waals surface area (Å²) in [6, 6.07) is 6.16. The minimum Gasteiger partial charge on any atom is -0.396 e. The van der Waals surface area contributed by atoms with E-state index >= 15 is 0 Å². The van der Waals surface area contributed by atoms with E-state index in [2.05, 4.69) is 0 Å². The topological polar surface area (TPSA) is 71.4 Å². The summed E-state index contributed by atoms with van der Waals surface area (Å²) in [5.41, 5.74) is 0. The zero-order chi connectivity index (χ0) is 13.6. The van der Waals surface area contributed by atoms with Gasteiger partial charge in [-0.1, -0.05) is 6.42 Å². The fourth-order valence-corrected chi connectivity index (χ4v) is 3.25. The van der Waals surface area contributed by atoms with Crippen LogP contribution >= 0.6 is 0 Å². The molecule has 0 aliphatic carbocycles. The Morgan fingerprint density at radius 1 is 1.11 bits per heavy atom. The zero-order valence-electron chi connectivity index (χ0n) is 10.3. The second-order valence-corrected chi connectivity index (χ2v) is 7.66. The summed E-state index contributed by atoms with van der Waals surface area (Å²) in [5, 5.41) is 8.62.